The largest absolute Gasteiger partial charge is 0.358 e. The summed E-state index contributed by atoms with van der Waals surface area (Å²) in [5, 5.41) is 0. The molecule has 0 spiro atoms. The smallest absolute Gasteiger partial charge is 0.0592 e. The minimum Gasteiger partial charge on any atom is -0.358 e. The third-order valence-corrected chi connectivity index (χ3v) is 5.96. The van der Waals surface area contributed by atoms with E-state index in [1.807, 2.05) is 0 Å². The molecule has 0 aromatic heterocycles. The summed E-state index contributed by atoms with van der Waals surface area (Å²) in [6.07, 6.45) is 1.13. The zero-order chi connectivity index (χ0) is 15.9. The van der Waals surface area contributed by atoms with Gasteiger partial charge in [-0.2, -0.15) is 0 Å². The van der Waals surface area contributed by atoms with E-state index in [1.54, 1.807) is 0 Å². The predicted molar refractivity (Wildman–Crippen MR) is 86.6 cm³/mol. The van der Waals surface area contributed by atoms with Crippen LogP contribution in [0.15, 0.2) is 0 Å². The van der Waals surface area contributed by atoms with E-state index in [9.17, 15) is 0 Å². The number of hydrogen-bond acceptors (Lipinski definition) is 4. The lowest BCUT2D eigenvalue weighted by Gasteiger charge is -2.48. The molecule has 4 nitrogen and oxygen atoms in total. The Hall–Kier alpha value is -0.0500. The minimum atomic E-state index is -0.388. The second-order valence-corrected chi connectivity index (χ2v) is 8.89. The number of rotatable bonds is 5. The molecule has 5 heteroatoms. The van der Waals surface area contributed by atoms with Gasteiger partial charge in [-0.15, -0.1) is 0 Å². The lowest BCUT2D eigenvalue weighted by molar-refractivity contribution is 0.0903. The van der Waals surface area contributed by atoms with E-state index in [4.69, 9.17) is 14.5 Å². The van der Waals surface area contributed by atoms with E-state index in [0.717, 1.165) is 12.8 Å². The summed E-state index contributed by atoms with van der Waals surface area (Å²) in [7, 11) is 1.85. The Bertz CT molecular complexity index is 236. The van der Waals surface area contributed by atoms with Crippen molar-refractivity contribution in [1.29, 1.82) is 0 Å². The molecule has 0 rings (SSSR count). The van der Waals surface area contributed by atoms with Gasteiger partial charge in [-0.3, -0.25) is 4.90 Å². The number of nitrogens with zero attached hydrogens (tertiary/aromatic N) is 1. The van der Waals surface area contributed by atoms with E-state index in [-0.39, 0.29) is 19.1 Å². The van der Waals surface area contributed by atoms with Gasteiger partial charge < -0.3 is 4.52 Å². The van der Waals surface area contributed by atoms with Crippen LogP contribution in [0.2, 0.25) is 0 Å². The second-order valence-electron chi connectivity index (χ2n) is 6.67. The van der Waals surface area contributed by atoms with Crippen molar-refractivity contribution in [3.8, 4) is 0 Å². The van der Waals surface area contributed by atoms with E-state index >= 15 is 0 Å². The van der Waals surface area contributed by atoms with Crippen LogP contribution in [0.5, 0.6) is 0 Å². The summed E-state index contributed by atoms with van der Waals surface area (Å²) >= 11 is 0. The maximum absolute atomic E-state index is 7.00. The molecule has 0 fully saturated rings. The molecular formula is C14H32NO3P. The van der Waals surface area contributed by atoms with Gasteiger partial charge in [-0.05, 0) is 46.3 Å². The average Bonchev–Trinajstić information content (AvgIpc) is 2.27. The van der Waals surface area contributed by atoms with Crippen molar-refractivity contribution in [2.45, 2.75) is 66.7 Å². The molecule has 0 heterocycles. The van der Waals surface area contributed by atoms with Gasteiger partial charge >= 0.3 is 0 Å². The third-order valence-electron chi connectivity index (χ3n) is 3.08. The molecule has 0 saturated heterocycles. The fourth-order valence-electron chi connectivity index (χ4n) is 2.07. The van der Waals surface area contributed by atoms with Gasteiger partial charge in [0.2, 0.25) is 0 Å². The van der Waals surface area contributed by atoms with Crippen molar-refractivity contribution in [3.63, 3.8) is 0 Å². The molecule has 116 valence electrons. The van der Waals surface area contributed by atoms with Crippen LogP contribution in [0.3, 0.4) is 0 Å². The minimum absolute atomic E-state index is 0.185. The molecule has 0 aromatic carbocycles. The summed E-state index contributed by atoms with van der Waals surface area (Å²) < 4.78 is 6.02. The molecule has 2 unspecified atom stereocenters. The molecule has 2 atom stereocenters. The molecule has 19 heavy (non-hydrogen) atoms. The molecule has 0 saturated carbocycles. The fraction of sp³-hybridized carbons (Fsp3) is 1.00. The normalized spacial score (nSPS) is 15.7. The van der Waals surface area contributed by atoms with Crippen molar-refractivity contribution in [1.82, 2.24) is 4.90 Å². The van der Waals surface area contributed by atoms with Crippen LogP contribution < -0.4 is 0 Å². The van der Waals surface area contributed by atoms with Crippen molar-refractivity contribution >= 4 is 8.15 Å². The second kappa shape index (κ2) is 8.99. The summed E-state index contributed by atoms with van der Waals surface area (Å²) in [6, 6.07) is 0. The molecule has 0 aliphatic rings. The Kier molecular flexibility index (Phi) is 10.1. The highest BCUT2D eigenvalue weighted by Gasteiger charge is 2.39. The molecule has 0 aliphatic heterocycles. The van der Waals surface area contributed by atoms with E-state index in [2.05, 4.69) is 67.3 Å². The Balaban J connectivity index is 0. The van der Waals surface area contributed by atoms with E-state index < -0.39 is 0 Å². The zero-order valence-corrected chi connectivity index (χ0v) is 15.0. The summed E-state index contributed by atoms with van der Waals surface area (Å²) in [6.45, 7) is 19.0. The SMILES string of the molecule is CCOP(CC)C(N(C)C(C)(C)C)C(C)(C)C.O=O. The van der Waals surface area contributed by atoms with Crippen molar-refractivity contribution < 1.29 is 4.52 Å². The van der Waals surface area contributed by atoms with Crippen LogP contribution in [0.25, 0.3) is 0 Å². The lowest BCUT2D eigenvalue weighted by Crippen LogP contribution is -2.50. The van der Waals surface area contributed by atoms with Crippen molar-refractivity contribution in [2.24, 2.45) is 5.41 Å². The predicted octanol–water partition coefficient (Wildman–Crippen LogP) is 4.61. The highest BCUT2D eigenvalue weighted by atomic mass is 31.1. The maximum atomic E-state index is 7.00. The van der Waals surface area contributed by atoms with Crippen molar-refractivity contribution in [2.75, 3.05) is 19.8 Å². The first-order valence-corrected chi connectivity index (χ1v) is 8.36. The molecule has 0 N–H and O–H groups in total. The first-order chi connectivity index (χ1) is 8.55. The quantitative estimate of drug-likeness (QED) is 0.694. The molecular weight excluding hydrogens is 261 g/mol. The van der Waals surface area contributed by atoms with Gasteiger partial charge in [0.15, 0.2) is 0 Å². The first-order valence-electron chi connectivity index (χ1n) is 6.84. The van der Waals surface area contributed by atoms with Gasteiger partial charge in [0, 0.05) is 30.2 Å². The van der Waals surface area contributed by atoms with Gasteiger partial charge in [-0.1, -0.05) is 27.7 Å². The topological polar surface area (TPSA) is 46.6 Å². The van der Waals surface area contributed by atoms with Gasteiger partial charge in [-0.25, -0.2) is 0 Å². The highest BCUT2D eigenvalue weighted by molar-refractivity contribution is 7.53. The standard InChI is InChI=1S/C14H32NOP.O2/c1-10-16-17(11-2)12(13(3,4)5)15(9)14(6,7)8;1-2/h12H,10-11H2,1-9H3;. The Morgan fingerprint density at radius 2 is 1.47 bits per heavy atom. The summed E-state index contributed by atoms with van der Waals surface area (Å²) in [4.78, 5) is 16.5. The first kappa shape index (κ1) is 21.3. The van der Waals surface area contributed by atoms with E-state index in [0.29, 0.717) is 5.78 Å². The molecule has 0 radical (unpaired) electrons. The van der Waals surface area contributed by atoms with Crippen LogP contribution in [0.1, 0.15) is 55.4 Å². The average molecular weight is 293 g/mol. The Morgan fingerprint density at radius 1 is 1.05 bits per heavy atom. The molecule has 0 bridgehead atoms. The van der Waals surface area contributed by atoms with Crippen LogP contribution >= 0.6 is 8.15 Å². The highest BCUT2D eigenvalue weighted by Crippen LogP contribution is 2.52. The van der Waals surface area contributed by atoms with Crippen LogP contribution in [0, 0.1) is 15.3 Å². The van der Waals surface area contributed by atoms with Crippen LogP contribution in [-0.4, -0.2) is 36.0 Å². The van der Waals surface area contributed by atoms with Crippen LogP contribution in [-0.2, 0) is 4.52 Å². The Labute approximate surface area is 120 Å². The van der Waals surface area contributed by atoms with Gasteiger partial charge in [0.05, 0.1) is 5.78 Å². The molecule has 0 amide bonds. The lowest BCUT2D eigenvalue weighted by atomic mass is 9.93. The van der Waals surface area contributed by atoms with Crippen molar-refractivity contribution in [3.05, 3.63) is 9.93 Å². The van der Waals surface area contributed by atoms with Gasteiger partial charge in [0.1, 0.15) is 0 Å². The van der Waals surface area contributed by atoms with E-state index in [1.165, 1.54) is 0 Å². The summed E-state index contributed by atoms with van der Waals surface area (Å²) in [5.74, 6) is 0.502. The molecule has 0 aromatic rings. The van der Waals surface area contributed by atoms with Crippen LogP contribution in [0.4, 0.5) is 0 Å². The number of hydrogen-bond donors (Lipinski definition) is 0. The van der Waals surface area contributed by atoms with Gasteiger partial charge in [0.25, 0.3) is 0 Å². The summed E-state index contributed by atoms with van der Waals surface area (Å²) in [5.41, 5.74) is 0.434. The Morgan fingerprint density at radius 3 is 1.68 bits per heavy atom. The monoisotopic (exact) mass is 293 g/mol. The fourth-order valence-corrected chi connectivity index (χ4v) is 4.67. The maximum Gasteiger partial charge on any atom is 0.0592 e. The third kappa shape index (κ3) is 7.34. The molecule has 0 aliphatic carbocycles. The zero-order valence-electron chi connectivity index (χ0n) is 14.1.